The molecule has 2 amide bonds. The number of rotatable bonds is 37. The number of amides is 2. The fraction of sp³-hybridized carbons (Fsp3) is 0.629. The first kappa shape index (κ1) is 63.6. The topological polar surface area (TPSA) is 45.6 Å². The molecule has 5 aromatic rings. The van der Waals surface area contributed by atoms with E-state index in [9.17, 15) is 0 Å². The fourth-order valence-electron chi connectivity index (χ4n) is 12.5. The van der Waals surface area contributed by atoms with E-state index in [-0.39, 0.29) is 22.6 Å². The molecule has 0 spiro atoms. The first-order chi connectivity index (χ1) is 38.1. The van der Waals surface area contributed by atoms with E-state index in [0.29, 0.717) is 30.2 Å². The molecule has 2 aliphatic rings. The minimum absolute atomic E-state index is 0.00158. The van der Waals surface area contributed by atoms with E-state index in [1.165, 1.54) is 200 Å². The van der Waals surface area contributed by atoms with Crippen LogP contribution in [0.3, 0.4) is 0 Å². The van der Waals surface area contributed by atoms with Crippen molar-refractivity contribution in [3.8, 4) is 0 Å². The molecule has 434 valence electrons. The van der Waals surface area contributed by atoms with Gasteiger partial charge in [-0.3, -0.25) is 9.59 Å². The van der Waals surface area contributed by atoms with Crippen LogP contribution in [-0.4, -0.2) is 39.3 Å². The van der Waals surface area contributed by atoms with Gasteiger partial charge in [0, 0.05) is 41.4 Å². The number of hydrogen-bond donors (Lipinski definition) is 0. The lowest BCUT2D eigenvalue weighted by Crippen LogP contribution is -2.33. The number of unbranched alkanes of at least 4 members (excludes halogenated alkanes) is 25. The van der Waals surface area contributed by atoms with Gasteiger partial charge in [-0.1, -0.05) is 234 Å². The molecule has 0 saturated heterocycles. The van der Waals surface area contributed by atoms with Crippen molar-refractivity contribution in [3.63, 3.8) is 0 Å². The SMILES string of the molecule is CCCCCCCCCCCCC(CCCCCCCCCC)CN1C(=O)C2=C(c3ccc(Br)s3)N(CCCCCCCCCCCCn3c4ccc(C(C)(C)C)cc4c4cc(C(C)(C)C)ccc43)C(=O)C2=C1c1ccc(Br)s1. The normalized spacial score (nSPS) is 14.7. The summed E-state index contributed by atoms with van der Waals surface area (Å²) < 4.78 is 4.62. The Balaban J connectivity index is 0.927. The maximum atomic E-state index is 15.3. The van der Waals surface area contributed by atoms with Gasteiger partial charge in [-0.25, -0.2) is 0 Å². The van der Waals surface area contributed by atoms with Gasteiger partial charge in [0.1, 0.15) is 0 Å². The molecule has 2 aliphatic heterocycles. The molecule has 2 aromatic carbocycles. The monoisotopic (exact) mass is 1240 g/mol. The van der Waals surface area contributed by atoms with Crippen LogP contribution < -0.4 is 0 Å². The minimum Gasteiger partial charge on any atom is -0.340 e. The zero-order valence-electron chi connectivity index (χ0n) is 50.4. The molecule has 0 N–H and O–H groups in total. The van der Waals surface area contributed by atoms with Gasteiger partial charge >= 0.3 is 0 Å². The summed E-state index contributed by atoms with van der Waals surface area (Å²) in [6, 6.07) is 22.7. The Morgan fingerprint density at radius 3 is 1.16 bits per heavy atom. The second-order valence-electron chi connectivity index (χ2n) is 25.8. The molecule has 0 radical (unpaired) electrons. The molecule has 5 heterocycles. The highest BCUT2D eigenvalue weighted by atomic mass is 79.9. The van der Waals surface area contributed by atoms with Crippen molar-refractivity contribution in [1.29, 1.82) is 0 Å². The van der Waals surface area contributed by atoms with Crippen LogP contribution in [0.4, 0.5) is 0 Å². The fourth-order valence-corrected chi connectivity index (χ4v) is 15.4. The third kappa shape index (κ3) is 17.8. The van der Waals surface area contributed by atoms with Crippen LogP contribution in [0.2, 0.25) is 0 Å². The van der Waals surface area contributed by atoms with Crippen molar-refractivity contribution in [1.82, 2.24) is 14.4 Å². The average Bonchev–Trinajstić information content (AvgIpc) is 4.44. The van der Waals surface area contributed by atoms with Gasteiger partial charge in [0.25, 0.3) is 11.8 Å². The number of thiophene rings is 2. The Morgan fingerprint density at radius 1 is 0.430 bits per heavy atom. The third-order valence-electron chi connectivity index (χ3n) is 17.3. The van der Waals surface area contributed by atoms with Crippen molar-refractivity contribution in [2.45, 2.75) is 265 Å². The molecular formula is C70H101Br2N3O2S2. The summed E-state index contributed by atoms with van der Waals surface area (Å²) in [4.78, 5) is 36.4. The van der Waals surface area contributed by atoms with Crippen molar-refractivity contribution >= 4 is 99.5 Å². The molecule has 9 heteroatoms. The molecule has 5 nitrogen and oxygen atoms in total. The third-order valence-corrected chi connectivity index (χ3v) is 20.5. The van der Waals surface area contributed by atoms with E-state index in [0.717, 1.165) is 60.9 Å². The van der Waals surface area contributed by atoms with Crippen LogP contribution in [0.1, 0.15) is 269 Å². The Kier molecular flexibility index (Phi) is 25.5. The molecule has 0 fully saturated rings. The summed E-state index contributed by atoms with van der Waals surface area (Å²) in [6.07, 6.45) is 38.0. The predicted molar refractivity (Wildman–Crippen MR) is 351 cm³/mol. The van der Waals surface area contributed by atoms with Crippen molar-refractivity contribution in [3.05, 3.63) is 100 Å². The molecule has 7 rings (SSSR count). The number of aryl methyl sites for hydroxylation is 1. The minimum atomic E-state index is 0.00158. The van der Waals surface area contributed by atoms with Gasteiger partial charge < -0.3 is 14.4 Å². The molecule has 0 bridgehead atoms. The molecule has 79 heavy (non-hydrogen) atoms. The standard InChI is InChI=1S/C70H101Br2N3O2S2/c1-9-11-13-15-17-19-22-26-30-34-38-52(37-33-29-25-18-16-14-12-10-2)51-75-66(60-44-46-62(72)79-60)64-63(68(75)77)65(59-43-45-61(71)78-59)74(67(64)76)48-36-32-28-24-21-20-23-27-31-35-47-73-57-41-39-53(69(3,4)5)49-55(57)56-50-54(70(6,7)8)40-42-58(56)73/h39-46,49-50,52H,9-38,47-48,51H2,1-8H3. The Morgan fingerprint density at radius 2 is 0.785 bits per heavy atom. The second-order valence-corrected chi connectivity index (χ2v) is 30.7. The van der Waals surface area contributed by atoms with Crippen molar-refractivity contribution < 1.29 is 9.59 Å². The van der Waals surface area contributed by atoms with Crippen LogP contribution in [0.5, 0.6) is 0 Å². The Hall–Kier alpha value is -2.98. The molecule has 3 aromatic heterocycles. The zero-order chi connectivity index (χ0) is 56.4. The van der Waals surface area contributed by atoms with Crippen LogP contribution in [0, 0.1) is 5.92 Å². The maximum absolute atomic E-state index is 15.3. The van der Waals surface area contributed by atoms with Crippen LogP contribution in [-0.2, 0) is 27.0 Å². The lowest BCUT2D eigenvalue weighted by molar-refractivity contribution is -0.124. The smallest absolute Gasteiger partial charge is 0.261 e. The summed E-state index contributed by atoms with van der Waals surface area (Å²) in [5.74, 6) is 0.427. The van der Waals surface area contributed by atoms with Gasteiger partial charge in [-0.15, -0.1) is 22.7 Å². The van der Waals surface area contributed by atoms with Crippen molar-refractivity contribution in [2.75, 3.05) is 13.1 Å². The highest BCUT2D eigenvalue weighted by Crippen LogP contribution is 2.50. The summed E-state index contributed by atoms with van der Waals surface area (Å²) >= 11 is 10.8. The van der Waals surface area contributed by atoms with Gasteiger partial charge in [-0.05, 0) is 134 Å². The lowest BCUT2D eigenvalue weighted by atomic mass is 9.85. The van der Waals surface area contributed by atoms with E-state index in [1.807, 2.05) is 4.90 Å². The van der Waals surface area contributed by atoms with Crippen LogP contribution >= 0.6 is 54.5 Å². The number of fused-ring (bicyclic) bond motifs is 4. The lowest BCUT2D eigenvalue weighted by Gasteiger charge is -2.28. The number of aromatic nitrogens is 1. The van der Waals surface area contributed by atoms with Gasteiger partial charge in [0.2, 0.25) is 0 Å². The Labute approximate surface area is 504 Å². The first-order valence-corrected chi connectivity index (χ1v) is 35.0. The predicted octanol–water partition coefficient (Wildman–Crippen LogP) is 22.9. The summed E-state index contributed by atoms with van der Waals surface area (Å²) in [5, 5.41) is 2.79. The van der Waals surface area contributed by atoms with Gasteiger partial charge in [0.05, 0.1) is 39.9 Å². The highest BCUT2D eigenvalue weighted by Gasteiger charge is 2.49. The van der Waals surface area contributed by atoms with Crippen LogP contribution in [0.15, 0.2) is 79.4 Å². The molecule has 1 atom stereocenters. The summed E-state index contributed by atoms with van der Waals surface area (Å²) in [6.45, 7) is 20.9. The number of benzene rings is 2. The number of carbonyl (C=O) groups excluding carboxylic acids is 2. The van der Waals surface area contributed by atoms with E-state index in [4.69, 9.17) is 0 Å². The second kappa shape index (κ2) is 31.6. The maximum Gasteiger partial charge on any atom is 0.261 e. The highest BCUT2D eigenvalue weighted by molar-refractivity contribution is 9.11. The van der Waals surface area contributed by atoms with Gasteiger partial charge in [0.15, 0.2) is 0 Å². The number of nitrogens with zero attached hydrogens (tertiary/aromatic N) is 3. The van der Waals surface area contributed by atoms with Crippen molar-refractivity contribution in [2.24, 2.45) is 5.92 Å². The Bertz CT molecular complexity index is 2710. The molecule has 1 unspecified atom stereocenters. The number of hydrogen-bond acceptors (Lipinski definition) is 4. The molecule has 0 saturated carbocycles. The van der Waals surface area contributed by atoms with Gasteiger partial charge in [-0.2, -0.15) is 0 Å². The molecule has 0 aliphatic carbocycles. The first-order valence-electron chi connectivity index (χ1n) is 31.8. The van der Waals surface area contributed by atoms with Crippen LogP contribution in [0.25, 0.3) is 33.2 Å². The number of halogens is 2. The van der Waals surface area contributed by atoms with E-state index < -0.39 is 0 Å². The average molecular weight is 1240 g/mol. The largest absolute Gasteiger partial charge is 0.340 e. The van der Waals surface area contributed by atoms with E-state index in [1.54, 1.807) is 22.7 Å². The zero-order valence-corrected chi connectivity index (χ0v) is 55.2. The van der Waals surface area contributed by atoms with E-state index >= 15 is 9.59 Å². The van der Waals surface area contributed by atoms with E-state index in [2.05, 4.69) is 157 Å². The molecular weight excluding hydrogens is 1140 g/mol. The summed E-state index contributed by atoms with van der Waals surface area (Å²) in [5.41, 5.74) is 8.68. The summed E-state index contributed by atoms with van der Waals surface area (Å²) in [7, 11) is 0. The quantitative estimate of drug-likeness (QED) is 0.0372. The number of carbonyl (C=O) groups is 2.